The van der Waals surface area contributed by atoms with E-state index in [-0.39, 0.29) is 5.84 Å². The van der Waals surface area contributed by atoms with Gasteiger partial charge in [-0.3, -0.25) is 0 Å². The molecule has 1 aromatic heterocycles. The molecule has 0 bridgehead atoms. The molecule has 0 atom stereocenters. The van der Waals surface area contributed by atoms with Crippen molar-refractivity contribution in [3.63, 3.8) is 0 Å². The highest BCUT2D eigenvalue weighted by molar-refractivity contribution is 6.01. The molecule has 20 heavy (non-hydrogen) atoms. The minimum Gasteiger partial charge on any atom is -0.409 e. The van der Waals surface area contributed by atoms with E-state index in [2.05, 4.69) is 10.1 Å². The lowest BCUT2D eigenvalue weighted by Crippen LogP contribution is -2.30. The predicted molar refractivity (Wildman–Crippen MR) is 76.4 cm³/mol. The summed E-state index contributed by atoms with van der Waals surface area (Å²) in [5.41, 5.74) is 8.94. The molecule has 2 heterocycles. The highest BCUT2D eigenvalue weighted by Crippen LogP contribution is 2.27. The molecule has 3 N–H and O–H groups in total. The second-order valence-corrected chi connectivity index (χ2v) is 5.26. The molecule has 6 nitrogen and oxygen atoms in total. The average Bonchev–Trinajstić information content (AvgIpc) is 2.76. The van der Waals surface area contributed by atoms with Gasteiger partial charge in [0, 0.05) is 25.4 Å². The third-order valence-electron chi connectivity index (χ3n) is 3.94. The normalized spacial score (nSPS) is 19.8. The van der Waals surface area contributed by atoms with E-state index in [0.29, 0.717) is 6.61 Å². The van der Waals surface area contributed by atoms with E-state index < -0.39 is 0 Å². The minimum atomic E-state index is 0.132. The fourth-order valence-electron chi connectivity index (χ4n) is 2.90. The summed E-state index contributed by atoms with van der Waals surface area (Å²) in [6.45, 7) is 3.14. The van der Waals surface area contributed by atoms with Crippen LogP contribution in [-0.2, 0) is 17.6 Å². The lowest BCUT2D eigenvalue weighted by Gasteiger charge is -2.24. The summed E-state index contributed by atoms with van der Waals surface area (Å²) in [6.07, 6.45) is 4.14. The van der Waals surface area contributed by atoms with Crippen LogP contribution in [0.5, 0.6) is 0 Å². The third kappa shape index (κ3) is 2.43. The van der Waals surface area contributed by atoms with Crippen LogP contribution >= 0.6 is 0 Å². The molecule has 108 valence electrons. The minimum absolute atomic E-state index is 0.132. The first-order valence-corrected chi connectivity index (χ1v) is 7.13. The van der Waals surface area contributed by atoms with E-state index in [1.54, 1.807) is 0 Å². The van der Waals surface area contributed by atoms with Crippen molar-refractivity contribution < 1.29 is 9.94 Å². The van der Waals surface area contributed by atoms with Crippen molar-refractivity contribution in [1.29, 1.82) is 0 Å². The SMILES string of the molecule is NC(=NO)c1cc2c(nc1N1CCCOCC1)CCC2. The zero-order valence-corrected chi connectivity index (χ0v) is 11.5. The fourth-order valence-corrected chi connectivity index (χ4v) is 2.90. The Bertz CT molecular complexity index is 522. The molecule has 2 aliphatic rings. The number of rotatable bonds is 2. The first-order chi connectivity index (χ1) is 9.79. The first-order valence-electron chi connectivity index (χ1n) is 7.13. The number of anilines is 1. The molecule has 1 fully saturated rings. The van der Waals surface area contributed by atoms with Crippen LogP contribution in [0, 0.1) is 0 Å². The number of pyridine rings is 1. The number of hydrogen-bond donors (Lipinski definition) is 2. The maximum Gasteiger partial charge on any atom is 0.173 e. The second-order valence-electron chi connectivity index (χ2n) is 5.26. The van der Waals surface area contributed by atoms with E-state index in [4.69, 9.17) is 20.7 Å². The summed E-state index contributed by atoms with van der Waals surface area (Å²) in [5, 5.41) is 12.2. The van der Waals surface area contributed by atoms with Gasteiger partial charge in [0.2, 0.25) is 0 Å². The first kappa shape index (κ1) is 13.2. The summed E-state index contributed by atoms with van der Waals surface area (Å²) in [7, 11) is 0. The Labute approximate surface area is 118 Å². The molecule has 0 aromatic carbocycles. The van der Waals surface area contributed by atoms with Crippen molar-refractivity contribution >= 4 is 11.7 Å². The van der Waals surface area contributed by atoms with Crippen LogP contribution in [0.4, 0.5) is 5.82 Å². The highest BCUT2D eigenvalue weighted by atomic mass is 16.5. The van der Waals surface area contributed by atoms with Crippen LogP contribution in [0.3, 0.4) is 0 Å². The molecule has 0 unspecified atom stereocenters. The van der Waals surface area contributed by atoms with Gasteiger partial charge in [0.15, 0.2) is 5.84 Å². The van der Waals surface area contributed by atoms with Gasteiger partial charge in [0.05, 0.1) is 12.2 Å². The van der Waals surface area contributed by atoms with E-state index in [1.165, 1.54) is 5.56 Å². The molecule has 1 aliphatic heterocycles. The molecule has 6 heteroatoms. The van der Waals surface area contributed by atoms with Gasteiger partial charge in [0.25, 0.3) is 0 Å². The number of nitrogens with zero attached hydrogens (tertiary/aromatic N) is 3. The van der Waals surface area contributed by atoms with Crippen molar-refractivity contribution in [1.82, 2.24) is 4.98 Å². The van der Waals surface area contributed by atoms with E-state index in [1.807, 2.05) is 6.07 Å². The van der Waals surface area contributed by atoms with Crippen LogP contribution < -0.4 is 10.6 Å². The summed E-state index contributed by atoms with van der Waals surface area (Å²) in [4.78, 5) is 6.97. The number of fused-ring (bicyclic) bond motifs is 1. The molecule has 0 radical (unpaired) electrons. The Balaban J connectivity index is 2.02. The summed E-state index contributed by atoms with van der Waals surface area (Å²) >= 11 is 0. The monoisotopic (exact) mass is 276 g/mol. The van der Waals surface area contributed by atoms with Gasteiger partial charge in [-0.25, -0.2) is 4.98 Å². The molecular formula is C14H20N4O2. The van der Waals surface area contributed by atoms with Crippen LogP contribution in [-0.4, -0.2) is 42.3 Å². The van der Waals surface area contributed by atoms with Crippen molar-refractivity contribution in [2.24, 2.45) is 10.9 Å². The number of aromatic nitrogens is 1. The van der Waals surface area contributed by atoms with Crippen molar-refractivity contribution in [2.45, 2.75) is 25.7 Å². The Hall–Kier alpha value is -1.82. The zero-order valence-electron chi connectivity index (χ0n) is 11.5. The van der Waals surface area contributed by atoms with Gasteiger partial charge in [-0.15, -0.1) is 0 Å². The van der Waals surface area contributed by atoms with Gasteiger partial charge in [-0.2, -0.15) is 0 Å². The largest absolute Gasteiger partial charge is 0.409 e. The maximum absolute atomic E-state index is 9.01. The smallest absolute Gasteiger partial charge is 0.173 e. The van der Waals surface area contributed by atoms with Crippen molar-refractivity contribution in [3.05, 3.63) is 22.9 Å². The molecule has 0 saturated carbocycles. The summed E-state index contributed by atoms with van der Waals surface area (Å²) in [5.74, 6) is 0.957. The van der Waals surface area contributed by atoms with Gasteiger partial charge < -0.3 is 20.6 Å². The Kier molecular flexibility index (Phi) is 3.73. The summed E-state index contributed by atoms with van der Waals surface area (Å²) < 4.78 is 5.49. The van der Waals surface area contributed by atoms with Gasteiger partial charge in [-0.05, 0) is 37.3 Å². The highest BCUT2D eigenvalue weighted by Gasteiger charge is 2.22. The van der Waals surface area contributed by atoms with E-state index >= 15 is 0 Å². The number of amidine groups is 1. The number of nitrogens with two attached hydrogens (primary N) is 1. The topological polar surface area (TPSA) is 84.0 Å². The molecule has 0 amide bonds. The van der Waals surface area contributed by atoms with Crippen molar-refractivity contribution in [2.75, 3.05) is 31.2 Å². The van der Waals surface area contributed by atoms with E-state index in [0.717, 1.165) is 62.5 Å². The van der Waals surface area contributed by atoms with Crippen LogP contribution in [0.25, 0.3) is 0 Å². The lowest BCUT2D eigenvalue weighted by atomic mass is 10.1. The van der Waals surface area contributed by atoms with Crippen LogP contribution in [0.2, 0.25) is 0 Å². The fraction of sp³-hybridized carbons (Fsp3) is 0.571. The number of hydrogen-bond acceptors (Lipinski definition) is 5. The van der Waals surface area contributed by atoms with E-state index in [9.17, 15) is 0 Å². The molecule has 1 aliphatic carbocycles. The number of aryl methyl sites for hydroxylation is 2. The van der Waals surface area contributed by atoms with Gasteiger partial charge >= 0.3 is 0 Å². The van der Waals surface area contributed by atoms with Gasteiger partial charge in [0.1, 0.15) is 5.82 Å². The molecular weight excluding hydrogens is 256 g/mol. The second kappa shape index (κ2) is 5.66. The third-order valence-corrected chi connectivity index (χ3v) is 3.94. The zero-order chi connectivity index (χ0) is 13.9. The predicted octanol–water partition coefficient (Wildman–Crippen LogP) is 0.891. The average molecular weight is 276 g/mol. The Morgan fingerprint density at radius 3 is 3.05 bits per heavy atom. The molecule has 3 rings (SSSR count). The number of ether oxygens (including phenoxy) is 1. The quantitative estimate of drug-likeness (QED) is 0.363. The molecule has 0 spiro atoms. The van der Waals surface area contributed by atoms with Crippen molar-refractivity contribution in [3.8, 4) is 0 Å². The lowest BCUT2D eigenvalue weighted by molar-refractivity contribution is 0.152. The molecule has 1 saturated heterocycles. The van der Waals surface area contributed by atoms with Gasteiger partial charge in [-0.1, -0.05) is 5.16 Å². The standard InChI is InChI=1S/C14H20N4O2/c15-13(17-19)11-9-10-3-1-4-12(10)16-14(11)18-5-2-7-20-8-6-18/h9,19H,1-8H2,(H2,15,17). The Morgan fingerprint density at radius 1 is 1.30 bits per heavy atom. The number of oxime groups is 1. The maximum atomic E-state index is 9.01. The van der Waals surface area contributed by atoms with Crippen LogP contribution in [0.15, 0.2) is 11.2 Å². The van der Waals surface area contributed by atoms with Crippen LogP contribution in [0.1, 0.15) is 29.7 Å². The molecule has 1 aromatic rings. The Morgan fingerprint density at radius 2 is 2.20 bits per heavy atom. The summed E-state index contributed by atoms with van der Waals surface area (Å²) in [6, 6.07) is 2.03.